The molecule has 1 amide bonds. The van der Waals surface area contributed by atoms with E-state index in [4.69, 9.17) is 4.52 Å². The molecule has 0 aliphatic heterocycles. The van der Waals surface area contributed by atoms with Crippen molar-refractivity contribution in [3.8, 4) is 22.8 Å². The molecule has 4 aromatic heterocycles. The molecule has 28 heavy (non-hydrogen) atoms. The first-order valence-electron chi connectivity index (χ1n) is 8.96. The summed E-state index contributed by atoms with van der Waals surface area (Å²) in [5, 5.41) is 4.90. The van der Waals surface area contributed by atoms with E-state index in [1.54, 1.807) is 38.3 Å². The summed E-state index contributed by atoms with van der Waals surface area (Å²) in [4.78, 5) is 27.3. The number of aromatic nitrogens is 5. The lowest BCUT2D eigenvalue weighted by atomic mass is 10.1. The largest absolute Gasteiger partial charge is 0.343 e. The molecule has 8 heteroatoms. The molecule has 4 heterocycles. The Morgan fingerprint density at radius 1 is 1.18 bits per heavy atom. The predicted octanol–water partition coefficient (Wildman–Crippen LogP) is 3.18. The number of amides is 1. The van der Waals surface area contributed by atoms with E-state index in [1.807, 2.05) is 35.8 Å². The summed E-state index contributed by atoms with van der Waals surface area (Å²) in [5.74, 6) is 0.984. The van der Waals surface area contributed by atoms with Gasteiger partial charge in [0.2, 0.25) is 11.7 Å². The quantitative estimate of drug-likeness (QED) is 0.543. The number of nitrogens with zero attached hydrogens (tertiary/aromatic N) is 6. The highest BCUT2D eigenvalue weighted by atomic mass is 16.5. The first-order valence-corrected chi connectivity index (χ1v) is 8.96. The number of rotatable bonds is 4. The van der Waals surface area contributed by atoms with Crippen molar-refractivity contribution in [1.29, 1.82) is 0 Å². The van der Waals surface area contributed by atoms with Crippen molar-refractivity contribution < 1.29 is 9.32 Å². The van der Waals surface area contributed by atoms with Crippen molar-refractivity contribution >= 4 is 16.8 Å². The summed E-state index contributed by atoms with van der Waals surface area (Å²) in [6, 6.07) is 7.55. The van der Waals surface area contributed by atoms with Crippen molar-refractivity contribution in [2.75, 3.05) is 14.1 Å². The minimum absolute atomic E-state index is 0.0350. The third kappa shape index (κ3) is 3.02. The van der Waals surface area contributed by atoms with E-state index in [0.29, 0.717) is 35.3 Å². The number of hydrogen-bond donors (Lipinski definition) is 0. The zero-order valence-electron chi connectivity index (χ0n) is 16.2. The van der Waals surface area contributed by atoms with E-state index in [2.05, 4.69) is 20.1 Å². The highest BCUT2D eigenvalue weighted by Crippen LogP contribution is 2.26. The van der Waals surface area contributed by atoms with E-state index in [0.717, 1.165) is 16.5 Å². The van der Waals surface area contributed by atoms with Crippen LogP contribution in [0.3, 0.4) is 0 Å². The van der Waals surface area contributed by atoms with Crippen LogP contribution < -0.4 is 0 Å². The van der Waals surface area contributed by atoms with Gasteiger partial charge in [-0.2, -0.15) is 4.98 Å². The molecule has 0 atom stereocenters. The van der Waals surface area contributed by atoms with Gasteiger partial charge in [-0.05, 0) is 31.2 Å². The molecule has 0 aromatic carbocycles. The molecule has 0 saturated heterocycles. The van der Waals surface area contributed by atoms with Gasteiger partial charge < -0.3 is 14.0 Å². The summed E-state index contributed by atoms with van der Waals surface area (Å²) in [5.41, 5.74) is 3.78. The number of carbonyl (C=O) groups excluding carboxylic acids is 1. The van der Waals surface area contributed by atoms with Gasteiger partial charge in [0.1, 0.15) is 5.69 Å². The molecule has 0 spiro atoms. The van der Waals surface area contributed by atoms with Gasteiger partial charge in [0.15, 0.2) is 0 Å². The zero-order valence-corrected chi connectivity index (χ0v) is 16.2. The molecular formula is C20H20N6O2. The lowest BCUT2D eigenvalue weighted by Crippen LogP contribution is -2.24. The van der Waals surface area contributed by atoms with Crippen LogP contribution in [0.2, 0.25) is 0 Å². The average molecular weight is 376 g/mol. The summed E-state index contributed by atoms with van der Waals surface area (Å²) < 4.78 is 7.03. The fourth-order valence-electron chi connectivity index (χ4n) is 3.17. The summed E-state index contributed by atoms with van der Waals surface area (Å²) >= 11 is 0. The van der Waals surface area contributed by atoms with Gasteiger partial charge in [-0.3, -0.25) is 14.8 Å². The predicted molar refractivity (Wildman–Crippen MR) is 105 cm³/mol. The Kier molecular flexibility index (Phi) is 4.38. The normalized spacial score (nSPS) is 11.1. The van der Waals surface area contributed by atoms with Crippen LogP contribution in [-0.4, -0.2) is 49.6 Å². The Balaban J connectivity index is 1.79. The Bertz CT molecular complexity index is 1170. The lowest BCUT2D eigenvalue weighted by molar-refractivity contribution is 0.0818. The van der Waals surface area contributed by atoms with Crippen molar-refractivity contribution in [3.05, 3.63) is 48.2 Å². The fraction of sp³-hybridized carbons (Fsp3) is 0.250. The third-order valence-corrected chi connectivity index (χ3v) is 4.54. The molecule has 4 aromatic rings. The first-order chi connectivity index (χ1) is 13.5. The highest BCUT2D eigenvalue weighted by Gasteiger charge is 2.17. The molecule has 0 radical (unpaired) electrons. The van der Waals surface area contributed by atoms with E-state index < -0.39 is 0 Å². The molecule has 0 aliphatic rings. The van der Waals surface area contributed by atoms with Gasteiger partial charge in [-0.15, -0.1) is 0 Å². The number of aryl methyl sites for hydroxylation is 2. The monoisotopic (exact) mass is 376 g/mol. The van der Waals surface area contributed by atoms with Gasteiger partial charge in [0.05, 0.1) is 23.1 Å². The lowest BCUT2D eigenvalue weighted by Gasteiger charge is -2.12. The van der Waals surface area contributed by atoms with E-state index in [-0.39, 0.29) is 5.91 Å². The Hall–Kier alpha value is -3.55. The van der Waals surface area contributed by atoms with Crippen molar-refractivity contribution in [2.24, 2.45) is 0 Å². The summed E-state index contributed by atoms with van der Waals surface area (Å²) in [6.45, 7) is 4.45. The average Bonchev–Trinajstić information content (AvgIpc) is 3.30. The minimum atomic E-state index is -0.0350. The molecule has 0 fully saturated rings. The molecule has 0 bridgehead atoms. The molecule has 0 saturated carbocycles. The van der Waals surface area contributed by atoms with E-state index >= 15 is 0 Å². The van der Waals surface area contributed by atoms with Gasteiger partial charge in [-0.1, -0.05) is 5.16 Å². The fourth-order valence-corrected chi connectivity index (χ4v) is 3.17. The zero-order chi connectivity index (χ0) is 19.8. The molecule has 8 nitrogen and oxygen atoms in total. The molecule has 0 N–H and O–H groups in total. The molecule has 0 unspecified atom stereocenters. The first kappa shape index (κ1) is 17.8. The van der Waals surface area contributed by atoms with Crippen LogP contribution in [-0.2, 0) is 6.54 Å². The van der Waals surface area contributed by atoms with E-state index in [1.165, 1.54) is 0 Å². The summed E-state index contributed by atoms with van der Waals surface area (Å²) in [6.07, 6.45) is 3.48. The second kappa shape index (κ2) is 6.88. The topological polar surface area (TPSA) is 89.9 Å². The maximum Gasteiger partial charge on any atom is 0.269 e. The van der Waals surface area contributed by atoms with Crippen LogP contribution in [0.25, 0.3) is 33.7 Å². The smallest absolute Gasteiger partial charge is 0.269 e. The second-order valence-electron chi connectivity index (χ2n) is 6.67. The van der Waals surface area contributed by atoms with Crippen LogP contribution in [0.15, 0.2) is 41.2 Å². The van der Waals surface area contributed by atoms with Gasteiger partial charge >= 0.3 is 0 Å². The summed E-state index contributed by atoms with van der Waals surface area (Å²) in [7, 11) is 3.50. The Labute approximate surface area is 161 Å². The number of pyridine rings is 2. The van der Waals surface area contributed by atoms with Crippen LogP contribution in [0, 0.1) is 6.92 Å². The van der Waals surface area contributed by atoms with Gasteiger partial charge in [-0.25, -0.2) is 0 Å². The molecule has 142 valence electrons. The Morgan fingerprint density at radius 2 is 1.96 bits per heavy atom. The maximum atomic E-state index is 12.5. The van der Waals surface area contributed by atoms with Crippen molar-refractivity contribution in [1.82, 2.24) is 29.6 Å². The SMILES string of the molecule is CCn1c(C(=O)N(C)C)cc2cc(-c3cc(-c4noc(C)n4)ccn3)ncc21. The van der Waals surface area contributed by atoms with Gasteiger partial charge in [0, 0.05) is 44.7 Å². The van der Waals surface area contributed by atoms with Crippen LogP contribution >= 0.6 is 0 Å². The Morgan fingerprint density at radius 3 is 2.64 bits per heavy atom. The number of fused-ring (bicyclic) bond motifs is 1. The van der Waals surface area contributed by atoms with Crippen LogP contribution in [0.4, 0.5) is 0 Å². The van der Waals surface area contributed by atoms with E-state index in [9.17, 15) is 4.79 Å². The minimum Gasteiger partial charge on any atom is -0.343 e. The van der Waals surface area contributed by atoms with Crippen LogP contribution in [0.1, 0.15) is 23.3 Å². The molecule has 4 rings (SSSR count). The number of hydrogen-bond acceptors (Lipinski definition) is 6. The van der Waals surface area contributed by atoms with Crippen LogP contribution in [0.5, 0.6) is 0 Å². The van der Waals surface area contributed by atoms with Gasteiger partial charge in [0.25, 0.3) is 5.91 Å². The molecular weight excluding hydrogens is 356 g/mol. The maximum absolute atomic E-state index is 12.5. The van der Waals surface area contributed by atoms with Crippen molar-refractivity contribution in [2.45, 2.75) is 20.4 Å². The molecule has 0 aliphatic carbocycles. The second-order valence-corrected chi connectivity index (χ2v) is 6.67. The third-order valence-electron chi connectivity index (χ3n) is 4.54. The highest BCUT2D eigenvalue weighted by molar-refractivity contribution is 5.99. The number of carbonyl (C=O) groups is 1. The standard InChI is InChI=1S/C20H20N6O2/c1-5-26-17(20(27)25(3)4)10-14-9-16(22-11-18(14)26)15-8-13(6-7-21-15)19-23-12(2)28-24-19/h6-11H,5H2,1-4H3. The van der Waals surface area contributed by atoms with Crippen molar-refractivity contribution in [3.63, 3.8) is 0 Å².